The standard InChI is InChI=1S/C19H25NO/c1-13-9-10-14(2)17(11-13)18(20-5)12-21-19-15(3)7-6-8-16(19)4/h6-11,18,20H,12H2,1-5H3. The van der Waals surface area contributed by atoms with Gasteiger partial charge in [0.2, 0.25) is 0 Å². The number of rotatable bonds is 5. The van der Waals surface area contributed by atoms with Gasteiger partial charge in [0, 0.05) is 0 Å². The van der Waals surface area contributed by atoms with E-state index in [0.717, 1.165) is 5.75 Å². The molecule has 0 aliphatic rings. The average Bonchev–Trinajstić information content (AvgIpc) is 2.45. The minimum absolute atomic E-state index is 0.198. The van der Waals surface area contributed by atoms with Gasteiger partial charge in [-0.2, -0.15) is 0 Å². The molecule has 0 aliphatic carbocycles. The number of aryl methyl sites for hydroxylation is 4. The summed E-state index contributed by atoms with van der Waals surface area (Å²) >= 11 is 0. The van der Waals surface area contributed by atoms with E-state index in [9.17, 15) is 0 Å². The lowest BCUT2D eigenvalue weighted by atomic mass is 9.99. The first-order valence-corrected chi connectivity index (χ1v) is 7.46. The SMILES string of the molecule is CNC(COc1c(C)cccc1C)c1cc(C)ccc1C. The minimum Gasteiger partial charge on any atom is -0.491 e. The van der Waals surface area contributed by atoms with Gasteiger partial charge < -0.3 is 10.1 Å². The summed E-state index contributed by atoms with van der Waals surface area (Å²) in [6.45, 7) is 9.09. The number of nitrogens with one attached hydrogen (secondary N) is 1. The number of benzene rings is 2. The third kappa shape index (κ3) is 3.64. The molecule has 0 aromatic heterocycles. The Morgan fingerprint density at radius 3 is 2.24 bits per heavy atom. The first kappa shape index (κ1) is 15.6. The monoisotopic (exact) mass is 283 g/mol. The molecule has 2 rings (SSSR count). The molecule has 0 aliphatic heterocycles. The summed E-state index contributed by atoms with van der Waals surface area (Å²) in [5.74, 6) is 1.00. The summed E-state index contributed by atoms with van der Waals surface area (Å²) in [6.07, 6.45) is 0. The zero-order valence-corrected chi connectivity index (χ0v) is 13.7. The Kier molecular flexibility index (Phi) is 5.03. The van der Waals surface area contributed by atoms with E-state index >= 15 is 0 Å². The highest BCUT2D eigenvalue weighted by atomic mass is 16.5. The summed E-state index contributed by atoms with van der Waals surface area (Å²) in [4.78, 5) is 0. The number of hydrogen-bond acceptors (Lipinski definition) is 2. The smallest absolute Gasteiger partial charge is 0.125 e. The molecular weight excluding hydrogens is 258 g/mol. The third-order valence-electron chi connectivity index (χ3n) is 3.96. The second-order valence-electron chi connectivity index (χ2n) is 5.73. The van der Waals surface area contributed by atoms with Crippen molar-refractivity contribution in [1.29, 1.82) is 0 Å². The predicted molar refractivity (Wildman–Crippen MR) is 89.1 cm³/mol. The van der Waals surface area contributed by atoms with Crippen LogP contribution in [0.1, 0.15) is 33.9 Å². The maximum atomic E-state index is 6.11. The predicted octanol–water partition coefficient (Wildman–Crippen LogP) is 4.26. The molecule has 0 spiro atoms. The van der Waals surface area contributed by atoms with Gasteiger partial charge in [0.15, 0.2) is 0 Å². The van der Waals surface area contributed by atoms with Crippen LogP contribution in [0.5, 0.6) is 5.75 Å². The molecule has 2 aromatic carbocycles. The van der Waals surface area contributed by atoms with Crippen molar-refractivity contribution in [2.24, 2.45) is 0 Å². The van der Waals surface area contributed by atoms with E-state index in [0.29, 0.717) is 6.61 Å². The van der Waals surface area contributed by atoms with Crippen molar-refractivity contribution in [3.8, 4) is 5.75 Å². The van der Waals surface area contributed by atoms with Crippen LogP contribution in [0.15, 0.2) is 36.4 Å². The van der Waals surface area contributed by atoms with Crippen molar-refractivity contribution in [2.75, 3.05) is 13.7 Å². The van der Waals surface area contributed by atoms with Gasteiger partial charge in [-0.3, -0.25) is 0 Å². The highest BCUT2D eigenvalue weighted by molar-refractivity contribution is 5.40. The van der Waals surface area contributed by atoms with Crippen LogP contribution < -0.4 is 10.1 Å². The third-order valence-corrected chi connectivity index (χ3v) is 3.96. The van der Waals surface area contributed by atoms with Crippen LogP contribution in [0.2, 0.25) is 0 Å². The number of para-hydroxylation sites is 1. The van der Waals surface area contributed by atoms with E-state index in [4.69, 9.17) is 4.74 Å². The van der Waals surface area contributed by atoms with Crippen molar-refractivity contribution < 1.29 is 4.74 Å². The van der Waals surface area contributed by atoms with Crippen LogP contribution in [-0.4, -0.2) is 13.7 Å². The van der Waals surface area contributed by atoms with Crippen molar-refractivity contribution in [1.82, 2.24) is 5.32 Å². The number of likely N-dealkylation sites (N-methyl/N-ethyl adjacent to an activating group) is 1. The van der Waals surface area contributed by atoms with E-state index in [1.54, 1.807) is 0 Å². The van der Waals surface area contributed by atoms with Gasteiger partial charge in [-0.05, 0) is 57.0 Å². The summed E-state index contributed by atoms with van der Waals surface area (Å²) in [5.41, 5.74) is 6.26. The van der Waals surface area contributed by atoms with Crippen LogP contribution in [0.3, 0.4) is 0 Å². The Hall–Kier alpha value is -1.80. The fourth-order valence-electron chi connectivity index (χ4n) is 2.66. The maximum Gasteiger partial charge on any atom is 0.125 e. The molecule has 2 nitrogen and oxygen atoms in total. The van der Waals surface area contributed by atoms with E-state index < -0.39 is 0 Å². The Labute approximate surface area is 128 Å². The zero-order valence-electron chi connectivity index (χ0n) is 13.7. The summed E-state index contributed by atoms with van der Waals surface area (Å²) in [6, 6.07) is 13.0. The molecular formula is C19H25NO. The lowest BCUT2D eigenvalue weighted by Crippen LogP contribution is -2.24. The van der Waals surface area contributed by atoms with E-state index in [-0.39, 0.29) is 6.04 Å². The molecule has 2 heteroatoms. The first-order chi connectivity index (χ1) is 10.0. The van der Waals surface area contributed by atoms with E-state index in [1.807, 2.05) is 7.05 Å². The van der Waals surface area contributed by atoms with Gasteiger partial charge in [-0.15, -0.1) is 0 Å². The minimum atomic E-state index is 0.198. The largest absolute Gasteiger partial charge is 0.491 e. The molecule has 0 radical (unpaired) electrons. The molecule has 0 amide bonds. The highest BCUT2D eigenvalue weighted by Gasteiger charge is 2.14. The van der Waals surface area contributed by atoms with E-state index in [1.165, 1.54) is 27.8 Å². The zero-order chi connectivity index (χ0) is 15.4. The quantitative estimate of drug-likeness (QED) is 0.885. The van der Waals surface area contributed by atoms with Crippen molar-refractivity contribution in [2.45, 2.75) is 33.7 Å². The lowest BCUT2D eigenvalue weighted by Gasteiger charge is -2.21. The molecule has 0 saturated carbocycles. The second-order valence-corrected chi connectivity index (χ2v) is 5.73. The van der Waals surface area contributed by atoms with Gasteiger partial charge >= 0.3 is 0 Å². The molecule has 1 N–H and O–H groups in total. The Bertz CT molecular complexity index is 599. The second kappa shape index (κ2) is 6.77. The lowest BCUT2D eigenvalue weighted by molar-refractivity contribution is 0.269. The van der Waals surface area contributed by atoms with Gasteiger partial charge in [0.25, 0.3) is 0 Å². The molecule has 0 bridgehead atoms. The molecule has 21 heavy (non-hydrogen) atoms. The Balaban J connectivity index is 2.18. The molecule has 1 atom stereocenters. The van der Waals surface area contributed by atoms with Crippen molar-refractivity contribution in [3.05, 3.63) is 64.2 Å². The number of hydrogen-bond donors (Lipinski definition) is 1. The van der Waals surface area contributed by atoms with Crippen LogP contribution in [0.25, 0.3) is 0 Å². The van der Waals surface area contributed by atoms with Gasteiger partial charge in [-0.1, -0.05) is 42.0 Å². The summed E-state index contributed by atoms with van der Waals surface area (Å²) < 4.78 is 6.11. The van der Waals surface area contributed by atoms with Crippen molar-refractivity contribution >= 4 is 0 Å². The fraction of sp³-hybridized carbons (Fsp3) is 0.368. The molecule has 1 unspecified atom stereocenters. The van der Waals surface area contributed by atoms with Crippen LogP contribution in [-0.2, 0) is 0 Å². The molecule has 0 heterocycles. The molecule has 2 aromatic rings. The van der Waals surface area contributed by atoms with Gasteiger partial charge in [-0.25, -0.2) is 0 Å². The normalized spacial score (nSPS) is 12.2. The van der Waals surface area contributed by atoms with Gasteiger partial charge in [0.05, 0.1) is 6.04 Å². The summed E-state index contributed by atoms with van der Waals surface area (Å²) in [5, 5.41) is 3.37. The molecule has 112 valence electrons. The first-order valence-electron chi connectivity index (χ1n) is 7.46. The molecule has 0 saturated heterocycles. The van der Waals surface area contributed by atoms with Crippen LogP contribution >= 0.6 is 0 Å². The van der Waals surface area contributed by atoms with E-state index in [2.05, 4.69) is 69.4 Å². The van der Waals surface area contributed by atoms with Crippen molar-refractivity contribution in [3.63, 3.8) is 0 Å². The van der Waals surface area contributed by atoms with Crippen LogP contribution in [0.4, 0.5) is 0 Å². The fourth-order valence-corrected chi connectivity index (χ4v) is 2.66. The average molecular weight is 283 g/mol. The van der Waals surface area contributed by atoms with Crippen LogP contribution in [0, 0.1) is 27.7 Å². The topological polar surface area (TPSA) is 21.3 Å². The maximum absolute atomic E-state index is 6.11. The Morgan fingerprint density at radius 2 is 1.62 bits per heavy atom. The van der Waals surface area contributed by atoms with Gasteiger partial charge in [0.1, 0.15) is 12.4 Å². The number of ether oxygens (including phenoxy) is 1. The summed E-state index contributed by atoms with van der Waals surface area (Å²) in [7, 11) is 1.99. The molecule has 0 fully saturated rings. The Morgan fingerprint density at radius 1 is 0.952 bits per heavy atom. The highest BCUT2D eigenvalue weighted by Crippen LogP contribution is 2.25.